The summed E-state index contributed by atoms with van der Waals surface area (Å²) in [7, 11) is 0. The first-order chi connectivity index (χ1) is 8.52. The third-order valence-electron chi connectivity index (χ3n) is 2.62. The first kappa shape index (κ1) is 13.5. The van der Waals surface area contributed by atoms with Crippen molar-refractivity contribution in [2.75, 3.05) is 5.75 Å². The van der Waals surface area contributed by atoms with Gasteiger partial charge < -0.3 is 5.73 Å². The third kappa shape index (κ3) is 2.56. The van der Waals surface area contributed by atoms with E-state index in [0.717, 1.165) is 17.0 Å². The normalized spacial score (nSPS) is 17.8. The molecule has 0 fully saturated rings. The van der Waals surface area contributed by atoms with Crippen molar-refractivity contribution < 1.29 is 4.79 Å². The van der Waals surface area contributed by atoms with Gasteiger partial charge in [0, 0.05) is 18.2 Å². The van der Waals surface area contributed by atoms with Crippen LogP contribution in [0.2, 0.25) is 0 Å². The molecule has 1 aliphatic rings. The van der Waals surface area contributed by atoms with Crippen LogP contribution in [0, 0.1) is 0 Å². The minimum absolute atomic E-state index is 0.00354. The number of rotatable bonds is 4. The summed E-state index contributed by atoms with van der Waals surface area (Å²) in [5.74, 6) is -0.256. The van der Waals surface area contributed by atoms with Crippen molar-refractivity contribution in [3.05, 3.63) is 16.0 Å². The summed E-state index contributed by atoms with van der Waals surface area (Å²) in [6.07, 6.45) is 0.809. The molecule has 98 valence electrons. The molecule has 2 rings (SSSR count). The van der Waals surface area contributed by atoms with Gasteiger partial charge in [-0.05, 0) is 6.92 Å². The van der Waals surface area contributed by atoms with Gasteiger partial charge in [0.1, 0.15) is 0 Å². The van der Waals surface area contributed by atoms with Gasteiger partial charge in [0.25, 0.3) is 5.56 Å². The van der Waals surface area contributed by atoms with Crippen LogP contribution in [-0.2, 0) is 17.8 Å². The Morgan fingerprint density at radius 3 is 3.00 bits per heavy atom. The monoisotopic (exact) mass is 285 g/mol. The molecule has 5 nitrogen and oxygen atoms in total. The average Bonchev–Trinajstić information content (AvgIpc) is 2.67. The molecule has 18 heavy (non-hydrogen) atoms. The van der Waals surface area contributed by atoms with Crippen LogP contribution in [0.5, 0.6) is 0 Å². The fourth-order valence-corrected chi connectivity index (χ4v) is 3.79. The molecule has 1 aromatic rings. The highest BCUT2D eigenvalue weighted by atomic mass is 32.2. The Balaban J connectivity index is 2.41. The van der Waals surface area contributed by atoms with Crippen molar-refractivity contribution in [3.8, 4) is 0 Å². The second kappa shape index (κ2) is 5.36. The predicted octanol–water partition coefficient (Wildman–Crippen LogP) is 0.877. The van der Waals surface area contributed by atoms with E-state index < -0.39 is 5.91 Å². The Morgan fingerprint density at radius 1 is 1.67 bits per heavy atom. The van der Waals surface area contributed by atoms with Crippen LogP contribution in [0.3, 0.4) is 0 Å². The second-order valence-electron chi connectivity index (χ2n) is 4.11. The Hall–Kier alpha value is -0.950. The van der Waals surface area contributed by atoms with E-state index in [1.807, 2.05) is 6.92 Å². The Morgan fingerprint density at radius 2 is 2.39 bits per heavy atom. The van der Waals surface area contributed by atoms with E-state index in [9.17, 15) is 9.59 Å². The van der Waals surface area contributed by atoms with Gasteiger partial charge in [-0.25, -0.2) is 4.98 Å². The molecule has 0 aromatic carbocycles. The van der Waals surface area contributed by atoms with Gasteiger partial charge in [-0.1, -0.05) is 18.7 Å². The van der Waals surface area contributed by atoms with Crippen molar-refractivity contribution in [1.82, 2.24) is 9.55 Å². The first-order valence-electron chi connectivity index (χ1n) is 5.74. The summed E-state index contributed by atoms with van der Waals surface area (Å²) >= 11 is 2.81. The standard InChI is InChI=1S/C11H15N3O2S2/c1-3-14-10(16)9-7(4-6(2)18-9)13-11(14)17-5-8(12)15/h6H,3-5H2,1-2H3,(H2,12,15)/t6-/m0/s1. The molecule has 1 aromatic heterocycles. The summed E-state index contributed by atoms with van der Waals surface area (Å²) in [6.45, 7) is 4.53. The quantitative estimate of drug-likeness (QED) is 0.656. The van der Waals surface area contributed by atoms with Gasteiger partial charge in [-0.2, -0.15) is 0 Å². The largest absolute Gasteiger partial charge is 0.369 e. The molecule has 7 heteroatoms. The number of hydrogen-bond acceptors (Lipinski definition) is 5. The molecule has 1 amide bonds. The molecule has 0 bridgehead atoms. The highest BCUT2D eigenvalue weighted by molar-refractivity contribution is 8.00. The third-order valence-corrected chi connectivity index (χ3v) is 4.84. The zero-order valence-electron chi connectivity index (χ0n) is 10.3. The van der Waals surface area contributed by atoms with Crippen molar-refractivity contribution in [3.63, 3.8) is 0 Å². The summed E-state index contributed by atoms with van der Waals surface area (Å²) < 4.78 is 1.61. The fraction of sp³-hybridized carbons (Fsp3) is 0.545. The van der Waals surface area contributed by atoms with Gasteiger partial charge in [0.05, 0.1) is 16.3 Å². The molecular formula is C11H15N3O2S2. The zero-order valence-corrected chi connectivity index (χ0v) is 11.9. The van der Waals surface area contributed by atoms with Crippen LogP contribution in [-0.4, -0.2) is 26.5 Å². The lowest BCUT2D eigenvalue weighted by atomic mass is 10.2. The molecule has 1 atom stereocenters. The number of carbonyl (C=O) groups excluding carboxylic acids is 1. The number of aromatic nitrogens is 2. The molecule has 0 radical (unpaired) electrons. The van der Waals surface area contributed by atoms with E-state index in [1.165, 1.54) is 11.8 Å². The van der Waals surface area contributed by atoms with E-state index in [4.69, 9.17) is 5.73 Å². The fourth-order valence-electron chi connectivity index (χ4n) is 1.86. The van der Waals surface area contributed by atoms with E-state index in [0.29, 0.717) is 17.0 Å². The smallest absolute Gasteiger partial charge is 0.268 e. The maximum atomic E-state index is 12.3. The lowest BCUT2D eigenvalue weighted by Gasteiger charge is -2.10. The topological polar surface area (TPSA) is 78.0 Å². The zero-order chi connectivity index (χ0) is 13.3. The van der Waals surface area contributed by atoms with Gasteiger partial charge in [-0.3, -0.25) is 14.2 Å². The number of nitrogens with zero attached hydrogens (tertiary/aromatic N) is 2. The maximum Gasteiger partial charge on any atom is 0.268 e. The molecule has 0 saturated carbocycles. The summed E-state index contributed by atoms with van der Waals surface area (Å²) in [4.78, 5) is 28.4. The lowest BCUT2D eigenvalue weighted by Crippen LogP contribution is -2.25. The number of nitrogens with two attached hydrogens (primary N) is 1. The van der Waals surface area contributed by atoms with Crippen molar-refractivity contribution in [2.24, 2.45) is 5.73 Å². The highest BCUT2D eigenvalue weighted by Gasteiger charge is 2.25. The average molecular weight is 285 g/mol. The van der Waals surface area contributed by atoms with Crippen LogP contribution >= 0.6 is 23.5 Å². The minimum Gasteiger partial charge on any atom is -0.369 e. The molecule has 0 unspecified atom stereocenters. The summed E-state index contributed by atoms with van der Waals surface area (Å²) in [6, 6.07) is 0. The molecular weight excluding hydrogens is 270 g/mol. The number of thioether (sulfide) groups is 2. The van der Waals surface area contributed by atoms with Crippen LogP contribution < -0.4 is 11.3 Å². The van der Waals surface area contributed by atoms with E-state index in [1.54, 1.807) is 16.3 Å². The number of carbonyl (C=O) groups is 1. The molecule has 2 heterocycles. The summed E-state index contributed by atoms with van der Waals surface area (Å²) in [5, 5.41) is 0.983. The van der Waals surface area contributed by atoms with E-state index in [2.05, 4.69) is 11.9 Å². The van der Waals surface area contributed by atoms with Crippen molar-refractivity contribution in [1.29, 1.82) is 0 Å². The van der Waals surface area contributed by atoms with Crippen LogP contribution in [0.25, 0.3) is 0 Å². The van der Waals surface area contributed by atoms with Crippen LogP contribution in [0.4, 0.5) is 0 Å². The maximum absolute atomic E-state index is 12.3. The van der Waals surface area contributed by atoms with Gasteiger partial charge >= 0.3 is 0 Å². The number of amides is 1. The van der Waals surface area contributed by atoms with Crippen molar-refractivity contribution >= 4 is 29.4 Å². The van der Waals surface area contributed by atoms with Crippen LogP contribution in [0.15, 0.2) is 14.8 Å². The summed E-state index contributed by atoms with van der Waals surface area (Å²) in [5.41, 5.74) is 5.98. The first-order valence-corrected chi connectivity index (χ1v) is 7.61. The molecule has 0 aliphatic carbocycles. The Labute approximate surface area is 114 Å². The Bertz CT molecular complexity index is 542. The van der Waals surface area contributed by atoms with Gasteiger partial charge in [0.15, 0.2) is 5.16 Å². The number of primary amides is 1. The van der Waals surface area contributed by atoms with Gasteiger partial charge in [-0.15, -0.1) is 11.8 Å². The number of hydrogen-bond donors (Lipinski definition) is 1. The van der Waals surface area contributed by atoms with Crippen molar-refractivity contribution in [2.45, 2.75) is 42.1 Å². The van der Waals surface area contributed by atoms with Crippen LogP contribution in [0.1, 0.15) is 19.5 Å². The SMILES string of the molecule is CCn1c(SCC(N)=O)nc2c(c1=O)S[C@@H](C)C2. The highest BCUT2D eigenvalue weighted by Crippen LogP contribution is 2.34. The predicted molar refractivity (Wildman–Crippen MR) is 73.1 cm³/mol. The number of fused-ring (bicyclic) bond motifs is 1. The Kier molecular flexibility index (Phi) is 4.01. The second-order valence-corrected chi connectivity index (χ2v) is 6.50. The lowest BCUT2D eigenvalue weighted by molar-refractivity contribution is -0.115. The van der Waals surface area contributed by atoms with E-state index in [-0.39, 0.29) is 11.3 Å². The van der Waals surface area contributed by atoms with E-state index >= 15 is 0 Å². The molecule has 0 saturated heterocycles. The molecule has 0 spiro atoms. The molecule has 1 aliphatic heterocycles. The molecule has 2 N–H and O–H groups in total. The minimum atomic E-state index is -0.403. The van der Waals surface area contributed by atoms with Gasteiger partial charge in [0.2, 0.25) is 5.91 Å².